The summed E-state index contributed by atoms with van der Waals surface area (Å²) in [4.78, 5) is 21.8. The largest absolute Gasteiger partial charge is 0.395 e. The first-order valence-electron chi connectivity index (χ1n) is 6.64. The SMILES string of the molecule is O=[N+]([O-])c1cc2c(NCCO)nc(-c3ccccc3)nc2[nH]1. The molecule has 0 unspecified atom stereocenters. The predicted octanol–water partition coefficient (Wildman–Crippen LogP) is 1.94. The third kappa shape index (κ3) is 2.59. The number of aliphatic hydroxyl groups excluding tert-OH is 1. The van der Waals surface area contributed by atoms with Crippen molar-refractivity contribution >= 4 is 22.7 Å². The summed E-state index contributed by atoms with van der Waals surface area (Å²) in [5, 5.41) is 23.3. The van der Waals surface area contributed by atoms with Crippen LogP contribution in [0, 0.1) is 10.1 Å². The maximum Gasteiger partial charge on any atom is 0.323 e. The summed E-state index contributed by atoms with van der Waals surface area (Å²) in [6.07, 6.45) is 0. The summed E-state index contributed by atoms with van der Waals surface area (Å²) in [6.45, 7) is 0.220. The second-order valence-corrected chi connectivity index (χ2v) is 4.59. The molecule has 0 aliphatic carbocycles. The van der Waals surface area contributed by atoms with Crippen LogP contribution < -0.4 is 5.32 Å². The molecular formula is C14H13N5O3. The van der Waals surface area contributed by atoms with Crippen LogP contribution in [0.4, 0.5) is 11.6 Å². The predicted molar refractivity (Wildman–Crippen MR) is 81.6 cm³/mol. The molecule has 8 nitrogen and oxygen atoms in total. The van der Waals surface area contributed by atoms with Gasteiger partial charge in [-0.2, -0.15) is 4.98 Å². The topological polar surface area (TPSA) is 117 Å². The zero-order chi connectivity index (χ0) is 15.5. The number of aliphatic hydroxyl groups is 1. The Balaban J connectivity index is 2.16. The fourth-order valence-electron chi connectivity index (χ4n) is 2.12. The van der Waals surface area contributed by atoms with E-state index < -0.39 is 4.92 Å². The van der Waals surface area contributed by atoms with Gasteiger partial charge in [-0.3, -0.25) is 0 Å². The number of H-pyrrole nitrogens is 1. The lowest BCUT2D eigenvalue weighted by molar-refractivity contribution is -0.389. The van der Waals surface area contributed by atoms with E-state index >= 15 is 0 Å². The first kappa shape index (κ1) is 14.0. The van der Waals surface area contributed by atoms with Gasteiger partial charge in [0.05, 0.1) is 12.0 Å². The quantitative estimate of drug-likeness (QED) is 0.489. The second-order valence-electron chi connectivity index (χ2n) is 4.59. The Bertz CT molecular complexity index is 816. The smallest absolute Gasteiger partial charge is 0.323 e. The van der Waals surface area contributed by atoms with E-state index in [1.165, 1.54) is 6.07 Å². The first-order chi connectivity index (χ1) is 10.7. The van der Waals surface area contributed by atoms with Crippen LogP contribution in [0.25, 0.3) is 22.4 Å². The molecule has 2 heterocycles. The number of nitrogens with one attached hydrogen (secondary N) is 2. The molecular weight excluding hydrogens is 286 g/mol. The maximum absolute atomic E-state index is 10.9. The van der Waals surface area contributed by atoms with Crippen LogP contribution in [0.15, 0.2) is 36.4 Å². The Morgan fingerprint density at radius 2 is 2.05 bits per heavy atom. The van der Waals surface area contributed by atoms with E-state index in [2.05, 4.69) is 20.3 Å². The molecule has 0 spiro atoms. The number of aromatic amines is 1. The number of fused-ring (bicyclic) bond motifs is 1. The van der Waals surface area contributed by atoms with Crippen LogP contribution in [0.1, 0.15) is 0 Å². The number of aromatic nitrogens is 3. The Morgan fingerprint density at radius 1 is 1.27 bits per heavy atom. The van der Waals surface area contributed by atoms with Gasteiger partial charge in [-0.05, 0) is 4.92 Å². The number of rotatable bonds is 5. The molecule has 0 amide bonds. The average molecular weight is 299 g/mol. The molecule has 0 fully saturated rings. The van der Waals surface area contributed by atoms with Gasteiger partial charge in [-0.1, -0.05) is 30.3 Å². The van der Waals surface area contributed by atoms with Gasteiger partial charge in [0.1, 0.15) is 5.82 Å². The maximum atomic E-state index is 10.9. The molecule has 0 saturated heterocycles. The lowest BCUT2D eigenvalue weighted by Crippen LogP contribution is -2.08. The third-order valence-electron chi connectivity index (χ3n) is 3.11. The van der Waals surface area contributed by atoms with Gasteiger partial charge in [-0.15, -0.1) is 0 Å². The zero-order valence-corrected chi connectivity index (χ0v) is 11.5. The van der Waals surface area contributed by atoms with Crippen molar-refractivity contribution in [1.29, 1.82) is 0 Å². The van der Waals surface area contributed by atoms with E-state index in [0.717, 1.165) is 5.56 Å². The van der Waals surface area contributed by atoms with E-state index in [4.69, 9.17) is 5.11 Å². The Kier molecular flexibility index (Phi) is 3.67. The van der Waals surface area contributed by atoms with Crippen molar-refractivity contribution in [2.45, 2.75) is 0 Å². The standard InChI is InChI=1S/C14H13N5O3/c20-7-6-15-13-10-8-11(19(21)22)16-14(10)18-12(17-13)9-4-2-1-3-5-9/h1-5,8,20H,6-7H2,(H2,15,16,17,18). The number of nitrogens with zero attached hydrogens (tertiary/aromatic N) is 3. The summed E-state index contributed by atoms with van der Waals surface area (Å²) in [6, 6.07) is 10.7. The molecule has 2 aromatic heterocycles. The number of benzene rings is 1. The zero-order valence-electron chi connectivity index (χ0n) is 11.5. The highest BCUT2D eigenvalue weighted by Crippen LogP contribution is 2.27. The summed E-state index contributed by atoms with van der Waals surface area (Å²) in [7, 11) is 0. The molecule has 3 rings (SSSR count). The van der Waals surface area contributed by atoms with Crippen molar-refractivity contribution in [2.75, 3.05) is 18.5 Å². The molecule has 0 bridgehead atoms. The minimum absolute atomic E-state index is 0.0708. The molecule has 0 atom stereocenters. The van der Waals surface area contributed by atoms with Crippen molar-refractivity contribution in [3.8, 4) is 11.4 Å². The van der Waals surface area contributed by atoms with Crippen molar-refractivity contribution in [1.82, 2.24) is 15.0 Å². The lowest BCUT2D eigenvalue weighted by Gasteiger charge is -2.06. The molecule has 112 valence electrons. The van der Waals surface area contributed by atoms with Crippen molar-refractivity contribution in [2.24, 2.45) is 0 Å². The van der Waals surface area contributed by atoms with E-state index in [0.29, 0.717) is 29.2 Å². The Morgan fingerprint density at radius 3 is 2.73 bits per heavy atom. The normalized spacial score (nSPS) is 10.8. The molecule has 8 heteroatoms. The van der Waals surface area contributed by atoms with E-state index in [1.807, 2.05) is 30.3 Å². The van der Waals surface area contributed by atoms with Gasteiger partial charge < -0.3 is 20.5 Å². The van der Waals surface area contributed by atoms with E-state index in [9.17, 15) is 10.1 Å². The summed E-state index contributed by atoms with van der Waals surface area (Å²) in [5.41, 5.74) is 1.18. The highest BCUT2D eigenvalue weighted by atomic mass is 16.6. The number of hydrogen-bond donors (Lipinski definition) is 3. The van der Waals surface area contributed by atoms with Crippen LogP contribution in [-0.4, -0.2) is 38.1 Å². The van der Waals surface area contributed by atoms with Crippen molar-refractivity contribution < 1.29 is 10.0 Å². The molecule has 3 aromatic rings. The second kappa shape index (κ2) is 5.78. The summed E-state index contributed by atoms with van der Waals surface area (Å²) in [5.74, 6) is 0.745. The van der Waals surface area contributed by atoms with Gasteiger partial charge in [-0.25, -0.2) is 9.97 Å². The van der Waals surface area contributed by atoms with Crippen LogP contribution in [0.5, 0.6) is 0 Å². The fraction of sp³-hybridized carbons (Fsp3) is 0.143. The summed E-state index contributed by atoms with van der Waals surface area (Å²) >= 11 is 0. The van der Waals surface area contributed by atoms with E-state index in [1.54, 1.807) is 0 Å². The van der Waals surface area contributed by atoms with Gasteiger partial charge >= 0.3 is 5.82 Å². The monoisotopic (exact) mass is 299 g/mol. The molecule has 0 radical (unpaired) electrons. The van der Waals surface area contributed by atoms with E-state index in [-0.39, 0.29) is 12.4 Å². The lowest BCUT2D eigenvalue weighted by atomic mass is 10.2. The number of nitro groups is 1. The van der Waals surface area contributed by atoms with Crippen LogP contribution in [-0.2, 0) is 0 Å². The summed E-state index contributed by atoms with van der Waals surface area (Å²) < 4.78 is 0. The minimum Gasteiger partial charge on any atom is -0.395 e. The van der Waals surface area contributed by atoms with Crippen LogP contribution in [0.2, 0.25) is 0 Å². The highest BCUT2D eigenvalue weighted by molar-refractivity contribution is 5.90. The minimum atomic E-state index is -0.514. The molecule has 1 aromatic carbocycles. The number of anilines is 1. The van der Waals surface area contributed by atoms with Gasteiger partial charge in [0.25, 0.3) is 0 Å². The van der Waals surface area contributed by atoms with Gasteiger partial charge in [0.2, 0.25) is 5.65 Å². The van der Waals surface area contributed by atoms with Gasteiger partial charge in [0, 0.05) is 18.2 Å². The molecule has 0 saturated carbocycles. The van der Waals surface area contributed by atoms with Crippen LogP contribution >= 0.6 is 0 Å². The molecule has 0 aliphatic heterocycles. The van der Waals surface area contributed by atoms with Crippen LogP contribution in [0.3, 0.4) is 0 Å². The molecule has 22 heavy (non-hydrogen) atoms. The molecule has 0 aliphatic rings. The number of hydrogen-bond acceptors (Lipinski definition) is 6. The average Bonchev–Trinajstić information content (AvgIpc) is 2.98. The van der Waals surface area contributed by atoms with Crippen molar-refractivity contribution in [3.63, 3.8) is 0 Å². The first-order valence-corrected chi connectivity index (χ1v) is 6.64. The van der Waals surface area contributed by atoms with Gasteiger partial charge in [0.15, 0.2) is 5.82 Å². The van der Waals surface area contributed by atoms with Crippen molar-refractivity contribution in [3.05, 3.63) is 46.5 Å². The Labute approximate surface area is 125 Å². The third-order valence-corrected chi connectivity index (χ3v) is 3.11. The molecule has 3 N–H and O–H groups in total. The Hall–Kier alpha value is -3.00. The fourth-order valence-corrected chi connectivity index (χ4v) is 2.12. The highest BCUT2D eigenvalue weighted by Gasteiger charge is 2.17.